The number of halogens is 2. The minimum Gasteiger partial charge on any atom is -1.00 e. The number of imidazole rings is 1. The molecule has 0 atom stereocenters. The Hall–Kier alpha value is -2.66. The maximum atomic E-state index is 13.3. The summed E-state index contributed by atoms with van der Waals surface area (Å²) in [4.78, 5) is 12.4. The molecule has 0 bridgehead atoms. The van der Waals surface area contributed by atoms with Crippen LogP contribution in [0.5, 0.6) is 0 Å². The molecule has 1 aliphatic heterocycles. The summed E-state index contributed by atoms with van der Waals surface area (Å²) >= 11 is 0. The number of aryl methyl sites for hydroxylation is 1. The number of benzene rings is 2. The van der Waals surface area contributed by atoms with Crippen molar-refractivity contribution in [3.05, 3.63) is 71.9 Å². The summed E-state index contributed by atoms with van der Waals surface area (Å²) in [5.41, 5.74) is 3.99. The van der Waals surface area contributed by atoms with Crippen molar-refractivity contribution in [2.24, 2.45) is 0 Å². The van der Waals surface area contributed by atoms with E-state index in [0.29, 0.717) is 5.69 Å². The van der Waals surface area contributed by atoms with Gasteiger partial charge in [0.05, 0.1) is 13.0 Å². The van der Waals surface area contributed by atoms with Crippen molar-refractivity contribution in [2.75, 3.05) is 5.32 Å². The summed E-state index contributed by atoms with van der Waals surface area (Å²) in [6.07, 6.45) is 4.09. The Kier molecular flexibility index (Phi) is 5.61. The van der Waals surface area contributed by atoms with Gasteiger partial charge in [-0.2, -0.15) is 0 Å². The van der Waals surface area contributed by atoms with Crippen molar-refractivity contribution in [1.82, 2.24) is 4.57 Å². The van der Waals surface area contributed by atoms with Gasteiger partial charge in [0, 0.05) is 11.3 Å². The maximum Gasteiger partial charge on any atom is 0.266 e. The van der Waals surface area contributed by atoms with Gasteiger partial charge in [-0.3, -0.25) is 4.79 Å². The summed E-state index contributed by atoms with van der Waals surface area (Å²) < 4.78 is 17.6. The molecule has 140 valence electrons. The predicted molar refractivity (Wildman–Crippen MR) is 98.2 cm³/mol. The second-order valence-corrected chi connectivity index (χ2v) is 6.74. The number of fused-ring (bicyclic) bond motifs is 1. The molecule has 1 amide bonds. The minimum atomic E-state index is -0.359. The standard InChI is InChI=1S/C21H20FN3O.ClH/c1-15-7-9-16(10-8-15)19-13-24(21-6-3-11-25(19)21)14-20(26)23-18-5-2-4-17(22)12-18;/h2,4-5,7-10,12-13H,3,6,11,14H2,1H3;1H. The van der Waals surface area contributed by atoms with Gasteiger partial charge in [0.1, 0.15) is 12.0 Å². The van der Waals surface area contributed by atoms with Crippen molar-refractivity contribution < 1.29 is 26.2 Å². The van der Waals surface area contributed by atoms with Gasteiger partial charge < -0.3 is 17.7 Å². The van der Waals surface area contributed by atoms with E-state index in [-0.39, 0.29) is 30.7 Å². The molecule has 1 N–H and O–H groups in total. The van der Waals surface area contributed by atoms with Gasteiger partial charge in [0.25, 0.3) is 11.7 Å². The highest BCUT2D eigenvalue weighted by Gasteiger charge is 2.29. The first-order chi connectivity index (χ1) is 12.6. The van der Waals surface area contributed by atoms with Crippen LogP contribution in [0, 0.1) is 12.7 Å². The Labute approximate surface area is 164 Å². The van der Waals surface area contributed by atoms with E-state index in [2.05, 4.69) is 41.1 Å². The molecule has 4 nitrogen and oxygen atoms in total. The van der Waals surface area contributed by atoms with Gasteiger partial charge >= 0.3 is 0 Å². The van der Waals surface area contributed by atoms with Gasteiger partial charge in [-0.1, -0.05) is 35.9 Å². The monoisotopic (exact) mass is 385 g/mol. The van der Waals surface area contributed by atoms with E-state index in [9.17, 15) is 9.18 Å². The van der Waals surface area contributed by atoms with E-state index in [4.69, 9.17) is 0 Å². The highest BCUT2D eigenvalue weighted by atomic mass is 35.5. The molecule has 3 aromatic rings. The maximum absolute atomic E-state index is 13.3. The van der Waals surface area contributed by atoms with Gasteiger partial charge in [0.2, 0.25) is 0 Å². The predicted octanol–water partition coefficient (Wildman–Crippen LogP) is 0.479. The molecule has 0 radical (unpaired) electrons. The lowest BCUT2D eigenvalue weighted by Gasteiger charge is -2.04. The lowest BCUT2D eigenvalue weighted by Crippen LogP contribution is -3.00. The summed E-state index contributed by atoms with van der Waals surface area (Å²) in [5.74, 6) is 0.646. The van der Waals surface area contributed by atoms with Gasteiger partial charge in [-0.05, 0) is 31.5 Å². The summed E-state index contributed by atoms with van der Waals surface area (Å²) in [6, 6.07) is 14.4. The van der Waals surface area contributed by atoms with Crippen molar-refractivity contribution in [3.8, 4) is 11.3 Å². The van der Waals surface area contributed by atoms with Crippen LogP contribution in [0.2, 0.25) is 0 Å². The zero-order valence-electron chi connectivity index (χ0n) is 15.1. The average molecular weight is 386 g/mol. The SMILES string of the molecule is Cc1ccc(-c2c[n+](CC(=O)Nc3cccc(F)c3)c3n2CCC3)cc1.[Cl-]. The number of hydrogen-bond donors (Lipinski definition) is 1. The molecule has 0 saturated carbocycles. The van der Waals surface area contributed by atoms with Gasteiger partial charge in [-0.25, -0.2) is 13.5 Å². The number of amides is 1. The van der Waals surface area contributed by atoms with Crippen molar-refractivity contribution in [1.29, 1.82) is 0 Å². The number of carbonyl (C=O) groups is 1. The molecule has 1 aliphatic rings. The van der Waals surface area contributed by atoms with Crippen LogP contribution in [-0.4, -0.2) is 10.5 Å². The lowest BCUT2D eigenvalue weighted by molar-refractivity contribution is -0.690. The number of nitrogens with one attached hydrogen (secondary N) is 1. The van der Waals surface area contributed by atoms with Crippen LogP contribution >= 0.6 is 0 Å². The zero-order valence-corrected chi connectivity index (χ0v) is 15.8. The largest absolute Gasteiger partial charge is 1.00 e. The Morgan fingerprint density at radius 3 is 2.74 bits per heavy atom. The van der Waals surface area contributed by atoms with Crippen molar-refractivity contribution >= 4 is 11.6 Å². The van der Waals surface area contributed by atoms with E-state index >= 15 is 0 Å². The van der Waals surface area contributed by atoms with Crippen molar-refractivity contribution in [3.63, 3.8) is 0 Å². The third kappa shape index (κ3) is 4.03. The topological polar surface area (TPSA) is 37.9 Å². The smallest absolute Gasteiger partial charge is 0.266 e. The van der Waals surface area contributed by atoms with Gasteiger partial charge in [-0.15, -0.1) is 0 Å². The van der Waals surface area contributed by atoms with Crippen molar-refractivity contribution in [2.45, 2.75) is 32.9 Å². The summed E-state index contributed by atoms with van der Waals surface area (Å²) in [7, 11) is 0. The first-order valence-electron chi connectivity index (χ1n) is 8.84. The normalized spacial score (nSPS) is 12.4. The Morgan fingerprint density at radius 2 is 2.00 bits per heavy atom. The molecule has 27 heavy (non-hydrogen) atoms. The van der Waals surface area contributed by atoms with E-state index < -0.39 is 0 Å². The number of anilines is 1. The van der Waals surface area contributed by atoms with E-state index in [1.807, 2.05) is 10.8 Å². The van der Waals surface area contributed by atoms with Crippen LogP contribution < -0.4 is 22.3 Å². The molecule has 6 heteroatoms. The molecule has 0 unspecified atom stereocenters. The summed E-state index contributed by atoms with van der Waals surface area (Å²) in [6.45, 7) is 3.26. The molecule has 4 rings (SSSR count). The molecule has 0 aliphatic carbocycles. The fourth-order valence-electron chi connectivity index (χ4n) is 3.52. The summed E-state index contributed by atoms with van der Waals surface area (Å²) in [5, 5.41) is 2.77. The van der Waals surface area contributed by atoms with Crippen LogP contribution in [0.3, 0.4) is 0 Å². The second kappa shape index (κ2) is 7.92. The zero-order chi connectivity index (χ0) is 18.1. The number of nitrogens with zero attached hydrogens (tertiary/aromatic N) is 2. The number of carbonyl (C=O) groups excluding carboxylic acids is 1. The second-order valence-electron chi connectivity index (χ2n) is 6.74. The van der Waals surface area contributed by atoms with E-state index in [0.717, 1.165) is 36.5 Å². The Morgan fingerprint density at radius 1 is 1.22 bits per heavy atom. The van der Waals surface area contributed by atoms with E-state index in [1.165, 1.54) is 17.7 Å². The fourth-order valence-corrected chi connectivity index (χ4v) is 3.52. The van der Waals surface area contributed by atoms with Crippen LogP contribution in [-0.2, 0) is 24.3 Å². The molecular formula is C21H21ClFN3O. The Balaban J connectivity index is 0.00000210. The van der Waals surface area contributed by atoms with Crippen LogP contribution in [0.25, 0.3) is 11.3 Å². The molecule has 0 fully saturated rings. The highest BCUT2D eigenvalue weighted by molar-refractivity contribution is 5.89. The molecule has 2 heterocycles. The van der Waals surface area contributed by atoms with E-state index in [1.54, 1.807) is 12.1 Å². The Bertz CT molecular complexity index is 966. The van der Waals surface area contributed by atoms with Gasteiger partial charge in [0.15, 0.2) is 12.2 Å². The third-order valence-corrected chi connectivity index (χ3v) is 4.76. The average Bonchev–Trinajstić information content (AvgIpc) is 3.20. The number of aromatic nitrogens is 2. The quantitative estimate of drug-likeness (QED) is 0.652. The minimum absolute atomic E-state index is 0. The highest BCUT2D eigenvalue weighted by Crippen LogP contribution is 2.25. The molecule has 2 aromatic carbocycles. The molecule has 0 spiro atoms. The number of rotatable bonds is 4. The third-order valence-electron chi connectivity index (χ3n) is 4.76. The first kappa shape index (κ1) is 19.1. The fraction of sp³-hybridized carbons (Fsp3) is 0.238. The molecule has 1 aromatic heterocycles. The lowest BCUT2D eigenvalue weighted by atomic mass is 10.1. The molecular weight excluding hydrogens is 365 g/mol. The van der Waals surface area contributed by atoms with Crippen LogP contribution in [0.1, 0.15) is 17.8 Å². The van der Waals surface area contributed by atoms with Crippen LogP contribution in [0.15, 0.2) is 54.7 Å². The van der Waals surface area contributed by atoms with Crippen LogP contribution in [0.4, 0.5) is 10.1 Å². The molecule has 0 saturated heterocycles. The number of hydrogen-bond acceptors (Lipinski definition) is 1. The first-order valence-corrected chi connectivity index (χ1v) is 8.84.